The summed E-state index contributed by atoms with van der Waals surface area (Å²) in [6.45, 7) is 2.08. The van der Waals surface area contributed by atoms with Crippen LogP contribution in [0.1, 0.15) is 11.1 Å². The van der Waals surface area contributed by atoms with Gasteiger partial charge in [0.15, 0.2) is 0 Å². The van der Waals surface area contributed by atoms with Gasteiger partial charge < -0.3 is 0 Å². The van der Waals surface area contributed by atoms with E-state index in [4.69, 9.17) is 0 Å². The molecule has 0 aliphatic heterocycles. The van der Waals surface area contributed by atoms with Crippen LogP contribution in [-0.4, -0.2) is 13.4 Å². The normalized spacial score (nSPS) is 11.5. The van der Waals surface area contributed by atoms with Gasteiger partial charge in [0, 0.05) is 29.4 Å². The summed E-state index contributed by atoms with van der Waals surface area (Å²) >= 11 is 1.63. The number of aromatic nitrogens is 1. The lowest BCUT2D eigenvalue weighted by Gasteiger charge is -2.08. The Bertz CT molecular complexity index is 904. The number of sulfonamides is 1. The van der Waals surface area contributed by atoms with Crippen molar-refractivity contribution in [3.8, 4) is 10.4 Å². The van der Waals surface area contributed by atoms with Crippen LogP contribution in [0.25, 0.3) is 10.4 Å². The van der Waals surface area contributed by atoms with Gasteiger partial charge in [-0.1, -0.05) is 18.2 Å². The Morgan fingerprint density at radius 1 is 1.13 bits per heavy atom. The molecule has 2 aromatic heterocycles. The number of nitrogens with one attached hydrogen (secondary N) is 1. The van der Waals surface area contributed by atoms with Gasteiger partial charge in [0.2, 0.25) is 10.0 Å². The maximum atomic E-state index is 12.3. The molecule has 4 nitrogen and oxygen atoms in total. The summed E-state index contributed by atoms with van der Waals surface area (Å²) in [5.74, 6) is 0. The predicted molar refractivity (Wildman–Crippen MR) is 92.8 cm³/mol. The highest BCUT2D eigenvalue weighted by molar-refractivity contribution is 7.89. The van der Waals surface area contributed by atoms with E-state index < -0.39 is 10.0 Å². The first-order valence-electron chi connectivity index (χ1n) is 7.09. The fourth-order valence-corrected chi connectivity index (χ4v) is 4.04. The molecule has 1 N–H and O–H groups in total. The molecule has 0 bridgehead atoms. The first-order chi connectivity index (χ1) is 11.0. The van der Waals surface area contributed by atoms with Crippen molar-refractivity contribution < 1.29 is 8.42 Å². The third kappa shape index (κ3) is 3.85. The molecule has 0 saturated carbocycles. The van der Waals surface area contributed by atoms with E-state index in [1.807, 2.05) is 36.6 Å². The number of nitrogens with zero attached hydrogens (tertiary/aromatic N) is 1. The summed E-state index contributed by atoms with van der Waals surface area (Å²) in [6.07, 6.45) is 3.46. The van der Waals surface area contributed by atoms with Crippen molar-refractivity contribution in [1.82, 2.24) is 9.71 Å². The van der Waals surface area contributed by atoms with Gasteiger partial charge in [-0.25, -0.2) is 13.1 Å². The van der Waals surface area contributed by atoms with E-state index in [2.05, 4.69) is 9.71 Å². The average molecular weight is 344 g/mol. The molecule has 1 aromatic carbocycles. The van der Waals surface area contributed by atoms with E-state index in [9.17, 15) is 8.42 Å². The van der Waals surface area contributed by atoms with Crippen LogP contribution >= 0.6 is 11.3 Å². The number of thiophene rings is 1. The molecule has 6 heteroatoms. The Kier molecular flexibility index (Phi) is 4.56. The Labute approximate surface area is 139 Å². The SMILES string of the molecule is Cc1cccc(S(=O)(=O)NCc2cncc(-c3cccs3)c2)c1. The lowest BCUT2D eigenvalue weighted by atomic mass is 10.2. The highest BCUT2D eigenvalue weighted by Gasteiger charge is 2.13. The van der Waals surface area contributed by atoms with Gasteiger partial charge in [0.25, 0.3) is 0 Å². The second-order valence-corrected chi connectivity index (χ2v) is 7.91. The Morgan fingerprint density at radius 3 is 2.74 bits per heavy atom. The maximum Gasteiger partial charge on any atom is 0.240 e. The molecule has 23 heavy (non-hydrogen) atoms. The van der Waals surface area contributed by atoms with Crippen molar-refractivity contribution in [3.05, 3.63) is 71.4 Å². The van der Waals surface area contributed by atoms with Gasteiger partial charge in [-0.05, 0) is 47.7 Å². The molecule has 0 atom stereocenters. The summed E-state index contributed by atoms with van der Waals surface area (Å²) < 4.78 is 27.3. The molecule has 0 spiro atoms. The lowest BCUT2D eigenvalue weighted by Crippen LogP contribution is -2.23. The van der Waals surface area contributed by atoms with E-state index in [1.54, 1.807) is 41.9 Å². The van der Waals surface area contributed by atoms with E-state index in [1.165, 1.54) is 0 Å². The standard InChI is InChI=1S/C17H16N2O2S2/c1-13-4-2-5-16(8-13)23(20,21)19-11-14-9-15(12-18-10-14)17-6-3-7-22-17/h2-10,12,19H,11H2,1H3. The second-order valence-electron chi connectivity index (χ2n) is 5.20. The molecule has 0 radical (unpaired) electrons. The number of hydrogen-bond donors (Lipinski definition) is 1. The number of hydrogen-bond acceptors (Lipinski definition) is 4. The minimum Gasteiger partial charge on any atom is -0.264 e. The molecule has 0 unspecified atom stereocenters. The molecule has 0 amide bonds. The Hall–Kier alpha value is -2.02. The number of benzene rings is 1. The van der Waals surface area contributed by atoms with Crippen molar-refractivity contribution in [1.29, 1.82) is 0 Å². The van der Waals surface area contributed by atoms with Gasteiger partial charge in [-0.15, -0.1) is 11.3 Å². The molecule has 118 valence electrons. The van der Waals surface area contributed by atoms with Crippen LogP contribution in [0.3, 0.4) is 0 Å². The van der Waals surface area contributed by atoms with E-state index >= 15 is 0 Å². The van der Waals surface area contributed by atoms with E-state index in [0.29, 0.717) is 0 Å². The third-order valence-corrected chi connectivity index (χ3v) is 5.68. The lowest BCUT2D eigenvalue weighted by molar-refractivity contribution is 0.581. The third-order valence-electron chi connectivity index (χ3n) is 3.37. The van der Waals surface area contributed by atoms with E-state index in [-0.39, 0.29) is 11.4 Å². The summed E-state index contributed by atoms with van der Waals surface area (Å²) in [5, 5.41) is 2.00. The first kappa shape index (κ1) is 15.9. The van der Waals surface area contributed by atoms with Crippen molar-refractivity contribution in [2.45, 2.75) is 18.4 Å². The van der Waals surface area contributed by atoms with Gasteiger partial charge in [0.1, 0.15) is 0 Å². The predicted octanol–water partition coefficient (Wildman–Crippen LogP) is 3.60. The van der Waals surface area contributed by atoms with Crippen LogP contribution in [-0.2, 0) is 16.6 Å². The fraction of sp³-hybridized carbons (Fsp3) is 0.118. The van der Waals surface area contributed by atoms with Crippen LogP contribution in [0, 0.1) is 6.92 Å². The van der Waals surface area contributed by atoms with Crippen molar-refractivity contribution in [2.75, 3.05) is 0 Å². The average Bonchev–Trinajstić information content (AvgIpc) is 3.08. The summed E-state index contributed by atoms with van der Waals surface area (Å²) in [5.41, 5.74) is 2.73. The van der Waals surface area contributed by atoms with Crippen LogP contribution < -0.4 is 4.72 Å². The molecule has 2 heterocycles. The molecular weight excluding hydrogens is 328 g/mol. The van der Waals surface area contributed by atoms with Crippen molar-refractivity contribution in [2.24, 2.45) is 0 Å². The molecule has 0 aliphatic rings. The Balaban J connectivity index is 1.77. The highest BCUT2D eigenvalue weighted by Crippen LogP contribution is 2.24. The zero-order chi connectivity index (χ0) is 16.3. The van der Waals surface area contributed by atoms with E-state index in [0.717, 1.165) is 21.6 Å². The van der Waals surface area contributed by atoms with Gasteiger partial charge in [0.05, 0.1) is 4.90 Å². The number of aryl methyl sites for hydroxylation is 1. The topological polar surface area (TPSA) is 59.1 Å². The second kappa shape index (κ2) is 6.62. The molecule has 3 rings (SSSR count). The minimum absolute atomic E-state index is 0.211. The molecular formula is C17H16N2O2S2. The minimum atomic E-state index is -3.52. The summed E-state index contributed by atoms with van der Waals surface area (Å²) in [7, 11) is -3.52. The van der Waals surface area contributed by atoms with Crippen molar-refractivity contribution in [3.63, 3.8) is 0 Å². The molecule has 0 saturated heterocycles. The van der Waals surface area contributed by atoms with Crippen molar-refractivity contribution >= 4 is 21.4 Å². The first-order valence-corrected chi connectivity index (χ1v) is 9.45. The monoisotopic (exact) mass is 344 g/mol. The number of rotatable bonds is 5. The molecule has 0 aliphatic carbocycles. The maximum absolute atomic E-state index is 12.3. The van der Waals surface area contributed by atoms with Crippen LogP contribution in [0.5, 0.6) is 0 Å². The summed E-state index contributed by atoms with van der Waals surface area (Å²) in [6, 6.07) is 12.8. The zero-order valence-corrected chi connectivity index (χ0v) is 14.2. The fourth-order valence-electron chi connectivity index (χ4n) is 2.21. The van der Waals surface area contributed by atoms with Gasteiger partial charge in [-0.3, -0.25) is 4.98 Å². The quantitative estimate of drug-likeness (QED) is 0.769. The Morgan fingerprint density at radius 2 is 2.00 bits per heavy atom. The molecule has 3 aromatic rings. The van der Waals surface area contributed by atoms with Crippen LogP contribution in [0.4, 0.5) is 0 Å². The van der Waals surface area contributed by atoms with Crippen LogP contribution in [0.15, 0.2) is 65.1 Å². The van der Waals surface area contributed by atoms with Gasteiger partial charge >= 0.3 is 0 Å². The highest BCUT2D eigenvalue weighted by atomic mass is 32.2. The smallest absolute Gasteiger partial charge is 0.240 e. The number of pyridine rings is 1. The largest absolute Gasteiger partial charge is 0.264 e. The summed E-state index contributed by atoms with van der Waals surface area (Å²) in [4.78, 5) is 5.59. The van der Waals surface area contributed by atoms with Gasteiger partial charge in [-0.2, -0.15) is 0 Å². The van der Waals surface area contributed by atoms with Crippen LogP contribution in [0.2, 0.25) is 0 Å². The molecule has 0 fully saturated rings. The zero-order valence-electron chi connectivity index (χ0n) is 12.6.